The van der Waals surface area contributed by atoms with Gasteiger partial charge in [0.2, 0.25) is 0 Å². The monoisotopic (exact) mass is 380 g/mol. The quantitative estimate of drug-likeness (QED) is 0.651. The van der Waals surface area contributed by atoms with Crippen LogP contribution in [0.5, 0.6) is 5.75 Å². The fraction of sp³-hybridized carbons (Fsp3) is 0.458. The van der Waals surface area contributed by atoms with E-state index in [1.54, 1.807) is 0 Å². The maximum atomic E-state index is 12.3. The second-order valence-electron chi connectivity index (χ2n) is 7.79. The van der Waals surface area contributed by atoms with E-state index in [1.807, 2.05) is 54.6 Å². The van der Waals surface area contributed by atoms with Crippen molar-refractivity contribution in [1.29, 1.82) is 0 Å². The number of nitrogens with one attached hydrogen (secondary N) is 1. The number of hydrogen-bond donors (Lipinski definition) is 1. The molecule has 1 fully saturated rings. The molecule has 28 heavy (non-hydrogen) atoms. The number of carbonyl (C=O) groups excluding carboxylic acids is 1. The second kappa shape index (κ2) is 10.9. The van der Waals surface area contributed by atoms with E-state index >= 15 is 0 Å². The average Bonchev–Trinajstić information content (AvgIpc) is 2.74. The van der Waals surface area contributed by atoms with Crippen LogP contribution < -0.4 is 10.1 Å². The standard InChI is InChI=1S/C24H32N2O2/c1-20-13-17-26(18-14-20)16-6-5-15-25-24(27)22-11-9-21(10-12-22)19-28-23-7-3-2-4-8-23/h2-4,7-12,20H,5-6,13-19H2,1H3,(H,25,27). The minimum atomic E-state index is 0.00215. The van der Waals surface area contributed by atoms with E-state index < -0.39 is 0 Å². The van der Waals surface area contributed by atoms with Gasteiger partial charge in [-0.05, 0) is 81.1 Å². The van der Waals surface area contributed by atoms with Crippen molar-refractivity contribution in [3.63, 3.8) is 0 Å². The number of benzene rings is 2. The van der Waals surface area contributed by atoms with Crippen LogP contribution >= 0.6 is 0 Å². The highest BCUT2D eigenvalue weighted by Gasteiger charge is 2.14. The Kier molecular flexibility index (Phi) is 7.92. The maximum Gasteiger partial charge on any atom is 0.251 e. The molecule has 3 rings (SSSR count). The van der Waals surface area contributed by atoms with Crippen LogP contribution in [0.1, 0.15) is 48.5 Å². The minimum absolute atomic E-state index is 0.00215. The Balaban J connectivity index is 1.32. The van der Waals surface area contributed by atoms with Gasteiger partial charge in [0, 0.05) is 12.1 Å². The molecule has 4 nitrogen and oxygen atoms in total. The Morgan fingerprint density at radius 2 is 1.75 bits per heavy atom. The number of nitrogens with zero attached hydrogens (tertiary/aromatic N) is 1. The number of rotatable bonds is 9. The first-order valence-corrected chi connectivity index (χ1v) is 10.5. The van der Waals surface area contributed by atoms with E-state index in [2.05, 4.69) is 17.1 Å². The summed E-state index contributed by atoms with van der Waals surface area (Å²) in [5.41, 5.74) is 1.75. The molecule has 4 heteroatoms. The third-order valence-electron chi connectivity index (χ3n) is 5.43. The molecule has 0 aromatic heterocycles. The Morgan fingerprint density at radius 3 is 2.46 bits per heavy atom. The first kappa shape index (κ1) is 20.4. The Labute approximate surface area is 168 Å². The molecule has 1 N–H and O–H groups in total. The fourth-order valence-electron chi connectivity index (χ4n) is 3.49. The topological polar surface area (TPSA) is 41.6 Å². The highest BCUT2D eigenvalue weighted by Crippen LogP contribution is 2.16. The van der Waals surface area contributed by atoms with Gasteiger partial charge in [-0.25, -0.2) is 0 Å². The Hall–Kier alpha value is -2.33. The molecule has 2 aromatic rings. The molecule has 0 unspecified atom stereocenters. The third-order valence-corrected chi connectivity index (χ3v) is 5.43. The Bertz CT molecular complexity index is 707. The lowest BCUT2D eigenvalue weighted by atomic mass is 9.99. The van der Waals surface area contributed by atoms with Gasteiger partial charge in [-0.2, -0.15) is 0 Å². The van der Waals surface area contributed by atoms with Gasteiger partial charge in [0.25, 0.3) is 5.91 Å². The lowest BCUT2D eigenvalue weighted by Gasteiger charge is -2.30. The number of unbranched alkanes of at least 4 members (excludes halogenated alkanes) is 1. The summed E-state index contributed by atoms with van der Waals surface area (Å²) in [5.74, 6) is 1.73. The van der Waals surface area contributed by atoms with E-state index in [9.17, 15) is 4.79 Å². The zero-order valence-corrected chi connectivity index (χ0v) is 16.9. The lowest BCUT2D eigenvalue weighted by molar-refractivity contribution is 0.0952. The molecule has 2 aromatic carbocycles. The van der Waals surface area contributed by atoms with Crippen LogP contribution in [-0.4, -0.2) is 37.0 Å². The fourth-order valence-corrected chi connectivity index (χ4v) is 3.49. The number of carbonyl (C=O) groups is 1. The van der Waals surface area contributed by atoms with Crippen LogP contribution in [0.15, 0.2) is 54.6 Å². The molecule has 1 amide bonds. The summed E-state index contributed by atoms with van der Waals surface area (Å²) in [7, 11) is 0. The molecule has 0 radical (unpaired) electrons. The largest absolute Gasteiger partial charge is 0.489 e. The van der Waals surface area contributed by atoms with Crippen LogP contribution in [0.3, 0.4) is 0 Å². The molecule has 1 aliphatic rings. The maximum absolute atomic E-state index is 12.3. The second-order valence-corrected chi connectivity index (χ2v) is 7.79. The summed E-state index contributed by atoms with van der Waals surface area (Å²) in [5, 5.41) is 3.03. The number of para-hydroxylation sites is 1. The van der Waals surface area contributed by atoms with E-state index in [4.69, 9.17) is 4.74 Å². The smallest absolute Gasteiger partial charge is 0.251 e. The number of piperidine rings is 1. The van der Waals surface area contributed by atoms with Gasteiger partial charge in [-0.15, -0.1) is 0 Å². The summed E-state index contributed by atoms with van der Waals surface area (Å²) in [6.45, 7) is 7.19. The van der Waals surface area contributed by atoms with Gasteiger partial charge in [-0.1, -0.05) is 37.3 Å². The lowest BCUT2D eigenvalue weighted by Crippen LogP contribution is -2.34. The first-order chi connectivity index (χ1) is 13.7. The van der Waals surface area contributed by atoms with E-state index in [-0.39, 0.29) is 5.91 Å². The molecule has 0 atom stereocenters. The van der Waals surface area contributed by atoms with Gasteiger partial charge in [-0.3, -0.25) is 4.79 Å². The highest BCUT2D eigenvalue weighted by molar-refractivity contribution is 5.94. The molecule has 1 aliphatic heterocycles. The molecule has 0 bridgehead atoms. The zero-order chi connectivity index (χ0) is 19.6. The van der Waals surface area contributed by atoms with Gasteiger partial charge in [0.1, 0.15) is 12.4 Å². The van der Waals surface area contributed by atoms with Crippen molar-refractivity contribution in [2.45, 2.75) is 39.2 Å². The van der Waals surface area contributed by atoms with Crippen molar-refractivity contribution in [1.82, 2.24) is 10.2 Å². The van der Waals surface area contributed by atoms with Crippen LogP contribution in [-0.2, 0) is 6.61 Å². The van der Waals surface area contributed by atoms with Gasteiger partial charge >= 0.3 is 0 Å². The number of hydrogen-bond acceptors (Lipinski definition) is 3. The summed E-state index contributed by atoms with van der Waals surface area (Å²) >= 11 is 0. The molecule has 0 saturated carbocycles. The molecule has 0 aliphatic carbocycles. The van der Waals surface area contributed by atoms with Crippen molar-refractivity contribution < 1.29 is 9.53 Å². The van der Waals surface area contributed by atoms with Gasteiger partial charge < -0.3 is 15.0 Å². The molecular formula is C24H32N2O2. The molecule has 0 spiro atoms. The van der Waals surface area contributed by atoms with Crippen molar-refractivity contribution in [2.75, 3.05) is 26.2 Å². The average molecular weight is 381 g/mol. The summed E-state index contributed by atoms with van der Waals surface area (Å²) < 4.78 is 5.74. The summed E-state index contributed by atoms with van der Waals surface area (Å²) in [6.07, 6.45) is 4.82. The highest BCUT2D eigenvalue weighted by atomic mass is 16.5. The first-order valence-electron chi connectivity index (χ1n) is 10.5. The van der Waals surface area contributed by atoms with Gasteiger partial charge in [0.05, 0.1) is 0 Å². The van der Waals surface area contributed by atoms with Crippen LogP contribution in [0.4, 0.5) is 0 Å². The van der Waals surface area contributed by atoms with Crippen molar-refractivity contribution in [3.05, 3.63) is 65.7 Å². The van der Waals surface area contributed by atoms with Gasteiger partial charge in [0.15, 0.2) is 0 Å². The molecule has 1 heterocycles. The zero-order valence-electron chi connectivity index (χ0n) is 16.9. The number of amides is 1. The minimum Gasteiger partial charge on any atom is -0.489 e. The van der Waals surface area contributed by atoms with E-state index in [1.165, 1.54) is 25.9 Å². The predicted octanol–water partition coefficient (Wildman–Crippen LogP) is 4.51. The number of likely N-dealkylation sites (tertiary alicyclic amines) is 1. The number of ether oxygens (including phenoxy) is 1. The van der Waals surface area contributed by atoms with E-state index in [0.29, 0.717) is 12.2 Å². The molecule has 1 saturated heterocycles. The molecule has 150 valence electrons. The van der Waals surface area contributed by atoms with Crippen molar-refractivity contribution in [3.8, 4) is 5.75 Å². The van der Waals surface area contributed by atoms with Crippen molar-refractivity contribution in [2.24, 2.45) is 5.92 Å². The summed E-state index contributed by atoms with van der Waals surface area (Å²) in [4.78, 5) is 14.8. The summed E-state index contributed by atoms with van der Waals surface area (Å²) in [6, 6.07) is 17.4. The normalized spacial score (nSPS) is 15.3. The predicted molar refractivity (Wildman–Crippen MR) is 114 cm³/mol. The third kappa shape index (κ3) is 6.68. The Morgan fingerprint density at radius 1 is 1.04 bits per heavy atom. The SMILES string of the molecule is CC1CCN(CCCCNC(=O)c2ccc(COc3ccccc3)cc2)CC1. The van der Waals surface area contributed by atoms with Crippen LogP contribution in [0.25, 0.3) is 0 Å². The van der Waals surface area contributed by atoms with Crippen LogP contribution in [0, 0.1) is 5.92 Å². The van der Waals surface area contributed by atoms with E-state index in [0.717, 1.165) is 43.2 Å². The van der Waals surface area contributed by atoms with Crippen molar-refractivity contribution >= 4 is 5.91 Å². The molecular weight excluding hydrogens is 348 g/mol. The van der Waals surface area contributed by atoms with Crippen LogP contribution in [0.2, 0.25) is 0 Å².